The number of rotatable bonds is 3. The van der Waals surface area contributed by atoms with Gasteiger partial charge in [-0.15, -0.1) is 0 Å². The molecule has 1 heteroatoms. The van der Waals surface area contributed by atoms with Crippen LogP contribution < -0.4 is 5.32 Å². The standard InChI is InChI=1S/C14H21N/c1-2-13(12-8-4-3-5-9-12)14-10-6-7-11-15-14/h3-5,8-9,13-15H,2,6-7,10-11H2,1H3/p+1/t13-,14-/m1/s1. The van der Waals surface area contributed by atoms with Crippen LogP contribution in [-0.2, 0) is 0 Å². The molecule has 2 N–H and O–H groups in total. The summed E-state index contributed by atoms with van der Waals surface area (Å²) >= 11 is 0. The van der Waals surface area contributed by atoms with Gasteiger partial charge in [0.25, 0.3) is 0 Å². The summed E-state index contributed by atoms with van der Waals surface area (Å²) in [5.74, 6) is 0.756. The second-order valence-electron chi connectivity index (χ2n) is 4.61. The van der Waals surface area contributed by atoms with Crippen LogP contribution >= 0.6 is 0 Å². The Labute approximate surface area is 92.9 Å². The molecule has 1 aliphatic heterocycles. The Morgan fingerprint density at radius 2 is 2.07 bits per heavy atom. The average Bonchev–Trinajstić information content (AvgIpc) is 2.33. The minimum Gasteiger partial charge on any atom is -0.343 e. The summed E-state index contributed by atoms with van der Waals surface area (Å²) < 4.78 is 0. The maximum atomic E-state index is 2.56. The molecule has 2 rings (SSSR count). The summed E-state index contributed by atoms with van der Waals surface area (Å²) in [6.45, 7) is 3.65. The van der Waals surface area contributed by atoms with Crippen LogP contribution in [0.25, 0.3) is 0 Å². The fraction of sp³-hybridized carbons (Fsp3) is 0.571. The highest BCUT2D eigenvalue weighted by atomic mass is 14.9. The molecular formula is C14H22N+. The molecule has 0 saturated carbocycles. The molecule has 1 fully saturated rings. The molecule has 0 aromatic heterocycles. The lowest BCUT2D eigenvalue weighted by Crippen LogP contribution is -2.92. The highest BCUT2D eigenvalue weighted by molar-refractivity contribution is 5.20. The lowest BCUT2D eigenvalue weighted by atomic mass is 9.85. The van der Waals surface area contributed by atoms with Crippen molar-refractivity contribution in [1.29, 1.82) is 0 Å². The van der Waals surface area contributed by atoms with Crippen LogP contribution in [0.2, 0.25) is 0 Å². The van der Waals surface area contributed by atoms with Gasteiger partial charge in [-0.05, 0) is 24.8 Å². The van der Waals surface area contributed by atoms with E-state index in [-0.39, 0.29) is 0 Å². The fourth-order valence-electron chi connectivity index (χ4n) is 2.83. The van der Waals surface area contributed by atoms with Crippen molar-refractivity contribution in [2.45, 2.75) is 44.6 Å². The summed E-state index contributed by atoms with van der Waals surface area (Å²) in [5.41, 5.74) is 1.53. The van der Waals surface area contributed by atoms with Crippen LogP contribution in [0.1, 0.15) is 44.1 Å². The molecule has 0 radical (unpaired) electrons. The van der Waals surface area contributed by atoms with Crippen LogP contribution in [0, 0.1) is 0 Å². The van der Waals surface area contributed by atoms with Crippen molar-refractivity contribution in [3.05, 3.63) is 35.9 Å². The third-order valence-electron chi connectivity index (χ3n) is 3.65. The number of piperidine rings is 1. The molecule has 2 atom stereocenters. The zero-order valence-corrected chi connectivity index (χ0v) is 9.65. The van der Waals surface area contributed by atoms with Gasteiger partial charge in [-0.3, -0.25) is 0 Å². The molecule has 0 spiro atoms. The minimum absolute atomic E-state index is 0.756. The molecule has 1 aromatic rings. The molecule has 0 unspecified atom stereocenters. The minimum atomic E-state index is 0.756. The first-order valence-electron chi connectivity index (χ1n) is 6.30. The Morgan fingerprint density at radius 1 is 1.27 bits per heavy atom. The Kier molecular flexibility index (Phi) is 3.79. The van der Waals surface area contributed by atoms with Crippen LogP contribution in [0.4, 0.5) is 0 Å². The maximum absolute atomic E-state index is 2.56. The van der Waals surface area contributed by atoms with Crippen molar-refractivity contribution in [3.63, 3.8) is 0 Å². The molecule has 15 heavy (non-hydrogen) atoms. The fourth-order valence-corrected chi connectivity index (χ4v) is 2.83. The van der Waals surface area contributed by atoms with E-state index in [1.54, 1.807) is 0 Å². The first kappa shape index (κ1) is 10.7. The van der Waals surface area contributed by atoms with Gasteiger partial charge in [-0.25, -0.2) is 0 Å². The smallest absolute Gasteiger partial charge is 0.0928 e. The molecule has 1 saturated heterocycles. The summed E-state index contributed by atoms with van der Waals surface area (Å²) in [6, 6.07) is 11.8. The van der Waals surface area contributed by atoms with Gasteiger partial charge in [-0.1, -0.05) is 37.3 Å². The molecule has 1 aliphatic rings. The van der Waals surface area contributed by atoms with Crippen LogP contribution in [0.15, 0.2) is 30.3 Å². The lowest BCUT2D eigenvalue weighted by Gasteiger charge is -2.28. The lowest BCUT2D eigenvalue weighted by molar-refractivity contribution is -0.700. The van der Waals surface area contributed by atoms with Crippen molar-refractivity contribution in [1.82, 2.24) is 0 Å². The van der Waals surface area contributed by atoms with E-state index in [1.807, 2.05) is 0 Å². The largest absolute Gasteiger partial charge is 0.343 e. The van der Waals surface area contributed by atoms with Crippen molar-refractivity contribution >= 4 is 0 Å². The van der Waals surface area contributed by atoms with Crippen molar-refractivity contribution in [2.75, 3.05) is 6.54 Å². The molecule has 1 aromatic carbocycles. The molecule has 0 bridgehead atoms. The third kappa shape index (κ3) is 2.60. The van der Waals surface area contributed by atoms with Gasteiger partial charge < -0.3 is 5.32 Å². The Morgan fingerprint density at radius 3 is 2.67 bits per heavy atom. The van der Waals surface area contributed by atoms with Crippen molar-refractivity contribution < 1.29 is 5.32 Å². The van der Waals surface area contributed by atoms with Crippen molar-refractivity contribution in [3.8, 4) is 0 Å². The quantitative estimate of drug-likeness (QED) is 0.778. The van der Waals surface area contributed by atoms with Gasteiger partial charge in [0.15, 0.2) is 0 Å². The number of hydrogen-bond acceptors (Lipinski definition) is 0. The molecule has 0 aliphatic carbocycles. The van der Waals surface area contributed by atoms with Crippen molar-refractivity contribution in [2.24, 2.45) is 0 Å². The molecule has 0 amide bonds. The Bertz CT molecular complexity index is 275. The second kappa shape index (κ2) is 5.32. The Hall–Kier alpha value is -0.820. The summed E-state index contributed by atoms with van der Waals surface area (Å²) in [5, 5.41) is 2.56. The number of nitrogens with two attached hydrogens (primary N) is 1. The van der Waals surface area contributed by atoms with Crippen LogP contribution in [-0.4, -0.2) is 12.6 Å². The van der Waals surface area contributed by atoms with Gasteiger partial charge in [0.2, 0.25) is 0 Å². The molecule has 82 valence electrons. The van der Waals surface area contributed by atoms with Gasteiger partial charge in [-0.2, -0.15) is 0 Å². The SMILES string of the molecule is CC[C@H](c1ccccc1)[C@H]1CCCC[NH2+]1. The summed E-state index contributed by atoms with van der Waals surface area (Å²) in [6.07, 6.45) is 5.49. The highest BCUT2D eigenvalue weighted by Gasteiger charge is 2.26. The number of quaternary nitrogens is 1. The van der Waals surface area contributed by atoms with E-state index in [1.165, 1.54) is 37.8 Å². The van der Waals surface area contributed by atoms with E-state index in [0.29, 0.717) is 0 Å². The van der Waals surface area contributed by atoms with E-state index >= 15 is 0 Å². The highest BCUT2D eigenvalue weighted by Crippen LogP contribution is 2.25. The van der Waals surface area contributed by atoms with Crippen LogP contribution in [0.3, 0.4) is 0 Å². The summed E-state index contributed by atoms with van der Waals surface area (Å²) in [4.78, 5) is 0. The van der Waals surface area contributed by atoms with E-state index < -0.39 is 0 Å². The number of benzene rings is 1. The molecular weight excluding hydrogens is 182 g/mol. The van der Waals surface area contributed by atoms with E-state index in [2.05, 4.69) is 42.6 Å². The average molecular weight is 204 g/mol. The summed E-state index contributed by atoms with van der Waals surface area (Å²) in [7, 11) is 0. The topological polar surface area (TPSA) is 16.6 Å². The first-order valence-corrected chi connectivity index (χ1v) is 6.30. The predicted octanol–water partition coefficient (Wildman–Crippen LogP) is 2.30. The molecule has 1 heterocycles. The zero-order chi connectivity index (χ0) is 10.5. The van der Waals surface area contributed by atoms with Gasteiger partial charge in [0, 0.05) is 12.3 Å². The van der Waals surface area contributed by atoms with Crippen LogP contribution in [0.5, 0.6) is 0 Å². The zero-order valence-electron chi connectivity index (χ0n) is 9.65. The third-order valence-corrected chi connectivity index (χ3v) is 3.65. The number of hydrogen-bond donors (Lipinski definition) is 1. The Balaban J connectivity index is 2.09. The van der Waals surface area contributed by atoms with Gasteiger partial charge >= 0.3 is 0 Å². The predicted molar refractivity (Wildman–Crippen MR) is 63.9 cm³/mol. The van der Waals surface area contributed by atoms with E-state index in [4.69, 9.17) is 0 Å². The first-order chi connectivity index (χ1) is 7.42. The monoisotopic (exact) mass is 204 g/mol. The second-order valence-corrected chi connectivity index (χ2v) is 4.61. The van der Waals surface area contributed by atoms with E-state index in [0.717, 1.165) is 12.0 Å². The van der Waals surface area contributed by atoms with E-state index in [9.17, 15) is 0 Å². The van der Waals surface area contributed by atoms with Gasteiger partial charge in [0.1, 0.15) is 0 Å². The maximum Gasteiger partial charge on any atom is 0.0928 e. The van der Waals surface area contributed by atoms with Gasteiger partial charge in [0.05, 0.1) is 12.6 Å². The molecule has 1 nitrogen and oxygen atoms in total. The normalized spacial score (nSPS) is 23.7.